The van der Waals surface area contributed by atoms with Crippen LogP contribution in [0.1, 0.15) is 24.2 Å². The Morgan fingerprint density at radius 3 is 2.35 bits per heavy atom. The number of amides is 1. The van der Waals surface area contributed by atoms with Crippen molar-refractivity contribution >= 4 is 21.6 Å². The van der Waals surface area contributed by atoms with Crippen LogP contribution in [0.2, 0.25) is 0 Å². The van der Waals surface area contributed by atoms with Crippen LogP contribution >= 0.6 is 0 Å². The van der Waals surface area contributed by atoms with Gasteiger partial charge in [-0.1, -0.05) is 0 Å². The van der Waals surface area contributed by atoms with Gasteiger partial charge in [-0.3, -0.25) is 4.79 Å². The molecule has 2 aromatic carbocycles. The minimum Gasteiger partial charge on any atom is -0.495 e. The molecule has 140 valence electrons. The summed E-state index contributed by atoms with van der Waals surface area (Å²) in [5.74, 6) is -2.76. The van der Waals surface area contributed by atoms with E-state index in [1.54, 1.807) is 13.8 Å². The lowest BCUT2D eigenvalue weighted by Gasteiger charge is -2.14. The number of benzene rings is 2. The predicted octanol–water partition coefficient (Wildman–Crippen LogP) is 2.91. The van der Waals surface area contributed by atoms with Crippen LogP contribution in [-0.2, 0) is 10.0 Å². The molecule has 0 aliphatic carbocycles. The minimum absolute atomic E-state index is 0.0136. The van der Waals surface area contributed by atoms with Gasteiger partial charge in [0, 0.05) is 23.4 Å². The average Bonchev–Trinajstić information content (AvgIpc) is 2.56. The van der Waals surface area contributed by atoms with Crippen molar-refractivity contribution in [3.63, 3.8) is 0 Å². The Morgan fingerprint density at radius 1 is 1.08 bits per heavy atom. The Bertz CT molecular complexity index is 930. The first-order chi connectivity index (χ1) is 12.1. The van der Waals surface area contributed by atoms with Crippen molar-refractivity contribution in [1.29, 1.82) is 0 Å². The van der Waals surface area contributed by atoms with Gasteiger partial charge in [-0.15, -0.1) is 0 Å². The molecule has 0 saturated heterocycles. The van der Waals surface area contributed by atoms with E-state index in [9.17, 15) is 22.0 Å². The second-order valence-electron chi connectivity index (χ2n) is 5.72. The fourth-order valence-corrected chi connectivity index (χ4v) is 3.62. The van der Waals surface area contributed by atoms with E-state index in [1.807, 2.05) is 0 Å². The maximum absolute atomic E-state index is 13.2. The first-order valence-electron chi connectivity index (χ1n) is 7.61. The van der Waals surface area contributed by atoms with E-state index in [-0.39, 0.29) is 27.9 Å². The molecule has 0 aliphatic heterocycles. The van der Waals surface area contributed by atoms with Gasteiger partial charge in [0.1, 0.15) is 10.6 Å². The summed E-state index contributed by atoms with van der Waals surface area (Å²) in [5.41, 5.74) is 0.0501. The number of hydrogen-bond donors (Lipinski definition) is 2. The molecule has 2 N–H and O–H groups in total. The summed E-state index contributed by atoms with van der Waals surface area (Å²) in [6.07, 6.45) is 0. The van der Waals surface area contributed by atoms with E-state index in [0.29, 0.717) is 0 Å². The molecular formula is C17H18F2N2O4S. The second kappa shape index (κ2) is 7.79. The Kier molecular flexibility index (Phi) is 5.94. The molecule has 0 spiro atoms. The Hall–Kier alpha value is -2.52. The second-order valence-corrected chi connectivity index (χ2v) is 7.41. The third-order valence-electron chi connectivity index (χ3n) is 3.28. The van der Waals surface area contributed by atoms with Crippen molar-refractivity contribution in [1.82, 2.24) is 4.72 Å². The number of nitrogens with one attached hydrogen (secondary N) is 2. The van der Waals surface area contributed by atoms with E-state index in [1.165, 1.54) is 25.3 Å². The van der Waals surface area contributed by atoms with Crippen LogP contribution in [-0.4, -0.2) is 27.5 Å². The highest BCUT2D eigenvalue weighted by molar-refractivity contribution is 7.89. The summed E-state index contributed by atoms with van der Waals surface area (Å²) in [4.78, 5) is 12.1. The molecular weight excluding hydrogens is 366 g/mol. The SMILES string of the molecule is COc1ccc(C(=O)Nc2ccc(F)c(F)c2)cc1S(=O)(=O)NC(C)C. The molecule has 0 heterocycles. The van der Waals surface area contributed by atoms with E-state index in [2.05, 4.69) is 10.0 Å². The molecule has 0 atom stereocenters. The van der Waals surface area contributed by atoms with E-state index >= 15 is 0 Å². The number of carbonyl (C=O) groups excluding carboxylic acids is 1. The molecule has 0 saturated carbocycles. The van der Waals surface area contributed by atoms with Crippen molar-refractivity contribution in [3.05, 3.63) is 53.6 Å². The van der Waals surface area contributed by atoms with Gasteiger partial charge in [0.25, 0.3) is 5.91 Å². The third kappa shape index (κ3) is 4.55. The molecule has 0 aliphatic rings. The topological polar surface area (TPSA) is 84.5 Å². The Balaban J connectivity index is 2.36. The molecule has 1 amide bonds. The Labute approximate surface area is 150 Å². The molecule has 6 nitrogen and oxygen atoms in total. The highest BCUT2D eigenvalue weighted by Gasteiger charge is 2.22. The van der Waals surface area contributed by atoms with Crippen molar-refractivity contribution in [3.8, 4) is 5.75 Å². The number of ether oxygens (including phenoxy) is 1. The highest BCUT2D eigenvalue weighted by atomic mass is 32.2. The maximum Gasteiger partial charge on any atom is 0.255 e. The van der Waals surface area contributed by atoms with Gasteiger partial charge in [-0.2, -0.15) is 0 Å². The minimum atomic E-state index is -3.91. The average molecular weight is 384 g/mol. The summed E-state index contributed by atoms with van der Waals surface area (Å²) in [7, 11) is -2.60. The monoisotopic (exact) mass is 384 g/mol. The zero-order valence-corrected chi connectivity index (χ0v) is 15.2. The highest BCUT2D eigenvalue weighted by Crippen LogP contribution is 2.25. The maximum atomic E-state index is 13.2. The lowest BCUT2D eigenvalue weighted by Crippen LogP contribution is -2.30. The van der Waals surface area contributed by atoms with Crippen molar-refractivity contribution in [2.75, 3.05) is 12.4 Å². The fraction of sp³-hybridized carbons (Fsp3) is 0.235. The lowest BCUT2D eigenvalue weighted by atomic mass is 10.2. The number of halogens is 2. The Morgan fingerprint density at radius 2 is 1.77 bits per heavy atom. The largest absolute Gasteiger partial charge is 0.495 e. The fourth-order valence-electron chi connectivity index (χ4n) is 2.18. The van der Waals surface area contributed by atoms with Gasteiger partial charge < -0.3 is 10.1 Å². The van der Waals surface area contributed by atoms with Crippen molar-refractivity contribution < 1.29 is 26.7 Å². The van der Waals surface area contributed by atoms with Crippen LogP contribution in [0.5, 0.6) is 5.75 Å². The van der Waals surface area contributed by atoms with Crippen molar-refractivity contribution in [2.45, 2.75) is 24.8 Å². The molecule has 0 fully saturated rings. The van der Waals surface area contributed by atoms with Crippen LogP contribution in [0.25, 0.3) is 0 Å². The number of methoxy groups -OCH3 is 1. The number of sulfonamides is 1. The van der Waals surface area contributed by atoms with Crippen LogP contribution in [0.3, 0.4) is 0 Å². The van der Waals surface area contributed by atoms with E-state index in [4.69, 9.17) is 4.74 Å². The number of rotatable bonds is 6. The summed E-state index contributed by atoms with van der Waals surface area (Å²) in [6, 6.07) is 6.40. The van der Waals surface area contributed by atoms with Crippen LogP contribution in [0, 0.1) is 11.6 Å². The number of carbonyl (C=O) groups is 1. The molecule has 9 heteroatoms. The third-order valence-corrected chi connectivity index (χ3v) is 4.96. The molecule has 26 heavy (non-hydrogen) atoms. The predicted molar refractivity (Wildman–Crippen MR) is 92.8 cm³/mol. The van der Waals surface area contributed by atoms with Gasteiger partial charge in [0.15, 0.2) is 11.6 Å². The lowest BCUT2D eigenvalue weighted by molar-refractivity contribution is 0.102. The number of anilines is 1. The molecule has 0 unspecified atom stereocenters. The van der Waals surface area contributed by atoms with Crippen molar-refractivity contribution in [2.24, 2.45) is 0 Å². The van der Waals surface area contributed by atoms with E-state index in [0.717, 1.165) is 18.2 Å². The zero-order chi connectivity index (χ0) is 19.5. The molecule has 0 bridgehead atoms. The molecule has 2 rings (SSSR count). The van der Waals surface area contributed by atoms with Gasteiger partial charge in [0.2, 0.25) is 10.0 Å². The van der Waals surface area contributed by atoms with E-state index < -0.39 is 27.6 Å². The quantitative estimate of drug-likeness (QED) is 0.802. The van der Waals surface area contributed by atoms with Crippen LogP contribution in [0.15, 0.2) is 41.3 Å². The smallest absolute Gasteiger partial charge is 0.255 e. The summed E-state index contributed by atoms with van der Waals surface area (Å²) in [6.45, 7) is 3.31. The van der Waals surface area contributed by atoms with Gasteiger partial charge in [-0.25, -0.2) is 21.9 Å². The molecule has 0 aromatic heterocycles. The number of hydrogen-bond acceptors (Lipinski definition) is 4. The zero-order valence-electron chi connectivity index (χ0n) is 14.3. The van der Waals surface area contributed by atoms with Crippen LogP contribution < -0.4 is 14.8 Å². The molecule has 2 aromatic rings. The van der Waals surface area contributed by atoms with Gasteiger partial charge in [-0.05, 0) is 44.2 Å². The first kappa shape index (κ1) is 19.8. The normalized spacial score (nSPS) is 11.5. The van der Waals surface area contributed by atoms with Crippen LogP contribution in [0.4, 0.5) is 14.5 Å². The summed E-state index contributed by atoms with van der Waals surface area (Å²) in [5, 5.41) is 2.38. The summed E-state index contributed by atoms with van der Waals surface area (Å²) < 4.78 is 58.5. The first-order valence-corrected chi connectivity index (χ1v) is 9.09. The standard InChI is InChI=1S/C17H18F2N2O4S/c1-10(2)21-26(23,24)16-8-11(4-7-15(16)25-3)17(22)20-12-5-6-13(18)14(19)9-12/h4-10,21H,1-3H3,(H,20,22). The molecule has 0 radical (unpaired) electrons. The van der Waals surface area contributed by atoms with Gasteiger partial charge in [0.05, 0.1) is 7.11 Å². The summed E-state index contributed by atoms with van der Waals surface area (Å²) >= 11 is 0. The van der Waals surface area contributed by atoms with Gasteiger partial charge >= 0.3 is 0 Å².